The van der Waals surface area contributed by atoms with Gasteiger partial charge in [0.1, 0.15) is 23.7 Å². The van der Waals surface area contributed by atoms with Crippen LogP contribution in [0.4, 0.5) is 10.2 Å². The summed E-state index contributed by atoms with van der Waals surface area (Å²) in [5.74, 6) is 1.92. The van der Waals surface area contributed by atoms with Crippen LogP contribution in [0.25, 0.3) is 10.9 Å². The quantitative estimate of drug-likeness (QED) is 0.729. The minimum atomic E-state index is -0.260. The number of nitrogens with zero attached hydrogens (tertiary/aromatic N) is 4. The fourth-order valence-electron chi connectivity index (χ4n) is 3.23. The SMILES string of the molecule is Fc1ccc2ncnc(N3CCC(COc4ccncc4)CC3)c2c1. The maximum absolute atomic E-state index is 13.6. The molecule has 1 saturated heterocycles. The van der Waals surface area contributed by atoms with Crippen LogP contribution in [0.2, 0.25) is 0 Å². The second-order valence-electron chi connectivity index (χ2n) is 6.28. The highest BCUT2D eigenvalue weighted by atomic mass is 19.1. The van der Waals surface area contributed by atoms with Gasteiger partial charge in [0.2, 0.25) is 0 Å². The van der Waals surface area contributed by atoms with Gasteiger partial charge < -0.3 is 9.64 Å². The topological polar surface area (TPSA) is 51.1 Å². The number of piperidine rings is 1. The summed E-state index contributed by atoms with van der Waals surface area (Å²) in [5, 5.41) is 0.772. The molecule has 3 heterocycles. The summed E-state index contributed by atoms with van der Waals surface area (Å²) in [4.78, 5) is 14.8. The molecular weight excluding hydrogens is 319 g/mol. The number of anilines is 1. The molecule has 6 heteroatoms. The van der Waals surface area contributed by atoms with E-state index in [1.54, 1.807) is 24.8 Å². The fourth-order valence-corrected chi connectivity index (χ4v) is 3.23. The van der Waals surface area contributed by atoms with Gasteiger partial charge in [-0.25, -0.2) is 14.4 Å². The van der Waals surface area contributed by atoms with Crippen molar-refractivity contribution < 1.29 is 9.13 Å². The summed E-state index contributed by atoms with van der Waals surface area (Å²) in [6.07, 6.45) is 7.06. The lowest BCUT2D eigenvalue weighted by molar-refractivity contribution is 0.222. The third-order valence-electron chi connectivity index (χ3n) is 4.63. The normalized spacial score (nSPS) is 15.5. The van der Waals surface area contributed by atoms with Crippen LogP contribution < -0.4 is 9.64 Å². The van der Waals surface area contributed by atoms with Crippen molar-refractivity contribution in [3.8, 4) is 5.75 Å². The van der Waals surface area contributed by atoms with E-state index < -0.39 is 0 Å². The van der Waals surface area contributed by atoms with Crippen molar-refractivity contribution >= 4 is 16.7 Å². The maximum atomic E-state index is 13.6. The minimum absolute atomic E-state index is 0.260. The van der Waals surface area contributed by atoms with Crippen molar-refractivity contribution in [1.29, 1.82) is 0 Å². The van der Waals surface area contributed by atoms with Crippen molar-refractivity contribution in [2.24, 2.45) is 5.92 Å². The van der Waals surface area contributed by atoms with E-state index in [9.17, 15) is 4.39 Å². The largest absolute Gasteiger partial charge is 0.493 e. The Morgan fingerprint density at radius 1 is 1.08 bits per heavy atom. The van der Waals surface area contributed by atoms with E-state index in [2.05, 4.69) is 19.9 Å². The molecule has 25 heavy (non-hydrogen) atoms. The minimum Gasteiger partial charge on any atom is -0.493 e. The highest BCUT2D eigenvalue weighted by Crippen LogP contribution is 2.28. The van der Waals surface area contributed by atoms with Crippen molar-refractivity contribution in [2.45, 2.75) is 12.8 Å². The molecule has 2 aromatic heterocycles. The predicted octanol–water partition coefficient (Wildman–Crippen LogP) is 3.46. The Morgan fingerprint density at radius 3 is 2.68 bits per heavy atom. The van der Waals surface area contributed by atoms with Crippen molar-refractivity contribution in [3.63, 3.8) is 0 Å². The number of hydrogen-bond acceptors (Lipinski definition) is 5. The predicted molar refractivity (Wildman–Crippen MR) is 94.2 cm³/mol. The summed E-state index contributed by atoms with van der Waals surface area (Å²) in [6, 6.07) is 8.39. The molecule has 1 aromatic carbocycles. The second kappa shape index (κ2) is 7.01. The van der Waals surface area contributed by atoms with Crippen LogP contribution in [0.15, 0.2) is 49.1 Å². The summed E-state index contributed by atoms with van der Waals surface area (Å²) in [6.45, 7) is 2.47. The van der Waals surface area contributed by atoms with Gasteiger partial charge in [0, 0.05) is 30.9 Å². The first-order chi connectivity index (χ1) is 12.3. The number of aromatic nitrogens is 3. The monoisotopic (exact) mass is 338 g/mol. The van der Waals surface area contributed by atoms with Gasteiger partial charge in [-0.2, -0.15) is 0 Å². The molecule has 0 unspecified atom stereocenters. The Hall–Kier alpha value is -2.76. The maximum Gasteiger partial charge on any atom is 0.139 e. The van der Waals surface area contributed by atoms with Crippen LogP contribution >= 0.6 is 0 Å². The van der Waals surface area contributed by atoms with Gasteiger partial charge in [-0.1, -0.05) is 0 Å². The molecule has 1 aliphatic rings. The lowest BCUT2D eigenvalue weighted by Gasteiger charge is -2.33. The zero-order valence-corrected chi connectivity index (χ0v) is 13.8. The number of fused-ring (bicyclic) bond motifs is 1. The molecule has 0 aliphatic carbocycles. The Morgan fingerprint density at radius 2 is 1.88 bits per heavy atom. The standard InChI is InChI=1S/C19H19FN4O/c20-15-1-2-18-17(11-15)19(23-13-22-18)24-9-5-14(6-10-24)12-25-16-3-7-21-8-4-16/h1-4,7-8,11,13-14H,5-6,9-10,12H2. The van der Waals surface area contributed by atoms with E-state index in [4.69, 9.17) is 4.74 Å². The molecule has 5 nitrogen and oxygen atoms in total. The molecule has 4 rings (SSSR count). The average Bonchev–Trinajstić information content (AvgIpc) is 2.67. The van der Waals surface area contributed by atoms with Crippen molar-refractivity contribution in [3.05, 3.63) is 54.9 Å². The Balaban J connectivity index is 1.41. The second-order valence-corrected chi connectivity index (χ2v) is 6.28. The zero-order chi connectivity index (χ0) is 17.1. The smallest absolute Gasteiger partial charge is 0.139 e. The number of ether oxygens (including phenoxy) is 1. The number of rotatable bonds is 4. The van der Waals surface area contributed by atoms with Crippen LogP contribution in [0.5, 0.6) is 5.75 Å². The summed E-state index contributed by atoms with van der Waals surface area (Å²) in [7, 11) is 0. The molecule has 1 fully saturated rings. The molecular formula is C19H19FN4O. The van der Waals surface area contributed by atoms with Gasteiger partial charge in [-0.05, 0) is 49.1 Å². The number of pyridine rings is 1. The average molecular weight is 338 g/mol. The Labute approximate surface area is 145 Å². The molecule has 0 bridgehead atoms. The van der Waals surface area contributed by atoms with E-state index in [0.717, 1.165) is 48.4 Å². The van der Waals surface area contributed by atoms with Gasteiger partial charge in [-0.15, -0.1) is 0 Å². The zero-order valence-electron chi connectivity index (χ0n) is 13.8. The molecule has 1 aliphatic heterocycles. The van der Waals surface area contributed by atoms with Crippen molar-refractivity contribution in [2.75, 3.05) is 24.6 Å². The van der Waals surface area contributed by atoms with Crippen LogP contribution in [-0.4, -0.2) is 34.6 Å². The number of halogens is 1. The van der Waals surface area contributed by atoms with Gasteiger partial charge in [0.15, 0.2) is 0 Å². The molecule has 128 valence electrons. The van der Waals surface area contributed by atoms with Gasteiger partial charge in [0.05, 0.1) is 12.1 Å². The van der Waals surface area contributed by atoms with Crippen LogP contribution in [-0.2, 0) is 0 Å². The molecule has 0 atom stereocenters. The number of benzene rings is 1. The van der Waals surface area contributed by atoms with E-state index in [-0.39, 0.29) is 5.82 Å². The van der Waals surface area contributed by atoms with Crippen LogP contribution in [0.3, 0.4) is 0 Å². The van der Waals surface area contributed by atoms with Crippen LogP contribution in [0, 0.1) is 11.7 Å². The fraction of sp³-hybridized carbons (Fsp3) is 0.316. The number of hydrogen-bond donors (Lipinski definition) is 0. The van der Waals surface area contributed by atoms with E-state index in [1.165, 1.54) is 12.1 Å². The van der Waals surface area contributed by atoms with Crippen LogP contribution in [0.1, 0.15) is 12.8 Å². The van der Waals surface area contributed by atoms with Gasteiger partial charge in [0.25, 0.3) is 0 Å². The highest BCUT2D eigenvalue weighted by Gasteiger charge is 2.22. The molecule has 0 radical (unpaired) electrons. The summed E-state index contributed by atoms with van der Waals surface area (Å²) >= 11 is 0. The van der Waals surface area contributed by atoms with Crippen molar-refractivity contribution in [1.82, 2.24) is 15.0 Å². The Kier molecular flexibility index (Phi) is 4.41. The summed E-state index contributed by atoms with van der Waals surface area (Å²) < 4.78 is 19.5. The molecule has 0 spiro atoms. The molecule has 0 saturated carbocycles. The van der Waals surface area contributed by atoms with E-state index in [1.807, 2.05) is 12.1 Å². The van der Waals surface area contributed by atoms with Gasteiger partial charge >= 0.3 is 0 Å². The lowest BCUT2D eigenvalue weighted by Crippen LogP contribution is -2.36. The summed E-state index contributed by atoms with van der Waals surface area (Å²) in [5.41, 5.74) is 0.773. The first-order valence-electron chi connectivity index (χ1n) is 8.47. The molecule has 0 amide bonds. The Bertz CT molecular complexity index is 850. The van der Waals surface area contributed by atoms with Gasteiger partial charge in [-0.3, -0.25) is 4.98 Å². The third kappa shape index (κ3) is 3.52. The van der Waals surface area contributed by atoms with E-state index in [0.29, 0.717) is 12.5 Å². The highest BCUT2D eigenvalue weighted by molar-refractivity contribution is 5.89. The first-order valence-corrected chi connectivity index (χ1v) is 8.47. The first kappa shape index (κ1) is 15.7. The molecule has 3 aromatic rings. The van der Waals surface area contributed by atoms with E-state index >= 15 is 0 Å². The molecule has 0 N–H and O–H groups in total. The lowest BCUT2D eigenvalue weighted by atomic mass is 9.97. The third-order valence-corrected chi connectivity index (χ3v) is 4.63.